The van der Waals surface area contributed by atoms with Gasteiger partial charge in [-0.05, 0) is 12.8 Å². The first-order valence-electron chi connectivity index (χ1n) is 7.79. The molecule has 118 valence electrons. The molecule has 3 aliphatic heterocycles. The number of amides is 2. The van der Waals surface area contributed by atoms with Crippen molar-refractivity contribution in [1.29, 1.82) is 0 Å². The fraction of sp³-hybridized carbons (Fsp3) is 0.667. The van der Waals surface area contributed by atoms with Gasteiger partial charge in [-0.3, -0.25) is 9.59 Å². The van der Waals surface area contributed by atoms with Crippen LogP contribution in [0.5, 0.6) is 0 Å². The van der Waals surface area contributed by atoms with Crippen LogP contribution in [-0.2, 0) is 9.53 Å². The fourth-order valence-electron chi connectivity index (χ4n) is 3.85. The molecule has 0 bridgehead atoms. The summed E-state index contributed by atoms with van der Waals surface area (Å²) in [5.74, 6) is 0.635. The highest BCUT2D eigenvalue weighted by Crippen LogP contribution is 2.33. The zero-order valence-electron chi connectivity index (χ0n) is 12.3. The van der Waals surface area contributed by atoms with Gasteiger partial charge in [0.2, 0.25) is 5.91 Å². The third-order valence-corrected chi connectivity index (χ3v) is 5.64. The van der Waals surface area contributed by atoms with Crippen molar-refractivity contribution in [3.8, 4) is 0 Å². The van der Waals surface area contributed by atoms with Gasteiger partial charge >= 0.3 is 0 Å². The van der Waals surface area contributed by atoms with Crippen molar-refractivity contribution >= 4 is 23.2 Å². The van der Waals surface area contributed by atoms with Crippen LogP contribution in [0.4, 0.5) is 0 Å². The molecule has 1 aromatic heterocycles. The monoisotopic (exact) mass is 321 g/mol. The lowest BCUT2D eigenvalue weighted by atomic mass is 10.1. The Morgan fingerprint density at radius 2 is 2.23 bits per heavy atom. The molecule has 0 aliphatic carbocycles. The summed E-state index contributed by atoms with van der Waals surface area (Å²) in [4.78, 5) is 33.0. The number of carbonyl (C=O) groups is 2. The normalized spacial score (nSPS) is 30.8. The Morgan fingerprint density at radius 3 is 2.95 bits per heavy atom. The summed E-state index contributed by atoms with van der Waals surface area (Å²) in [5.41, 5.74) is 2.21. The largest absolute Gasteiger partial charge is 0.381 e. The molecule has 0 saturated carbocycles. The molecule has 3 aliphatic rings. The molecule has 2 amide bonds. The molecule has 6 nitrogen and oxygen atoms in total. The van der Waals surface area contributed by atoms with Gasteiger partial charge in [0.05, 0.1) is 24.1 Å². The highest BCUT2D eigenvalue weighted by molar-refractivity contribution is 7.07. The minimum Gasteiger partial charge on any atom is -0.381 e. The van der Waals surface area contributed by atoms with Gasteiger partial charge in [0.1, 0.15) is 5.69 Å². The summed E-state index contributed by atoms with van der Waals surface area (Å²) < 4.78 is 5.32. The quantitative estimate of drug-likeness (QED) is 0.810. The second kappa shape index (κ2) is 5.62. The van der Waals surface area contributed by atoms with Gasteiger partial charge in [-0.25, -0.2) is 4.98 Å². The molecule has 1 aromatic rings. The van der Waals surface area contributed by atoms with Crippen molar-refractivity contribution in [2.75, 3.05) is 32.8 Å². The Balaban J connectivity index is 1.45. The first kappa shape index (κ1) is 14.1. The van der Waals surface area contributed by atoms with Crippen LogP contribution in [0.25, 0.3) is 0 Å². The summed E-state index contributed by atoms with van der Waals surface area (Å²) in [6.45, 7) is 3.45. The van der Waals surface area contributed by atoms with Gasteiger partial charge in [0, 0.05) is 37.5 Å². The van der Waals surface area contributed by atoms with Gasteiger partial charge in [-0.1, -0.05) is 0 Å². The molecule has 0 radical (unpaired) electrons. The number of hydrogen-bond donors (Lipinski definition) is 0. The second-order valence-electron chi connectivity index (χ2n) is 6.29. The van der Waals surface area contributed by atoms with Crippen molar-refractivity contribution < 1.29 is 14.3 Å². The molecule has 4 heterocycles. The predicted octanol–water partition coefficient (Wildman–Crippen LogP) is 0.852. The Labute approximate surface area is 133 Å². The van der Waals surface area contributed by atoms with Gasteiger partial charge in [0.25, 0.3) is 5.91 Å². The minimum absolute atomic E-state index is 0.00671. The third kappa shape index (κ3) is 2.32. The average molecular weight is 321 g/mol. The SMILES string of the molecule is O=C(C1CCOC1)N1C[C@@H]2CCN(C(=O)c3cscn3)[C@@H]2C1. The average Bonchev–Trinajstić information content (AvgIpc) is 3.29. The molecule has 3 saturated heterocycles. The Morgan fingerprint density at radius 1 is 1.32 bits per heavy atom. The molecule has 0 N–H and O–H groups in total. The predicted molar refractivity (Wildman–Crippen MR) is 80.6 cm³/mol. The van der Waals surface area contributed by atoms with Gasteiger partial charge in [-0.15, -0.1) is 11.3 Å². The van der Waals surface area contributed by atoms with Crippen molar-refractivity contribution in [3.63, 3.8) is 0 Å². The number of rotatable bonds is 2. The van der Waals surface area contributed by atoms with E-state index in [-0.39, 0.29) is 23.8 Å². The van der Waals surface area contributed by atoms with Crippen LogP contribution in [0.3, 0.4) is 0 Å². The minimum atomic E-state index is 0.00671. The highest BCUT2D eigenvalue weighted by atomic mass is 32.1. The first-order chi connectivity index (χ1) is 10.7. The topological polar surface area (TPSA) is 62.7 Å². The Hall–Kier alpha value is -1.47. The maximum Gasteiger partial charge on any atom is 0.273 e. The fourth-order valence-corrected chi connectivity index (χ4v) is 4.37. The van der Waals surface area contributed by atoms with E-state index >= 15 is 0 Å². The number of hydrogen-bond acceptors (Lipinski definition) is 5. The summed E-state index contributed by atoms with van der Waals surface area (Å²) in [6.07, 6.45) is 1.80. The number of carbonyl (C=O) groups excluding carboxylic acids is 2. The number of thiazole rings is 1. The van der Waals surface area contributed by atoms with Crippen LogP contribution in [0.1, 0.15) is 23.3 Å². The molecule has 7 heteroatoms. The third-order valence-electron chi connectivity index (χ3n) is 5.05. The zero-order valence-corrected chi connectivity index (χ0v) is 13.1. The summed E-state index contributed by atoms with van der Waals surface area (Å²) in [5, 5.41) is 1.80. The van der Waals surface area contributed by atoms with Crippen molar-refractivity contribution in [2.24, 2.45) is 11.8 Å². The number of likely N-dealkylation sites (tertiary alicyclic amines) is 2. The van der Waals surface area contributed by atoms with Crippen molar-refractivity contribution in [3.05, 3.63) is 16.6 Å². The van der Waals surface area contributed by atoms with Crippen LogP contribution >= 0.6 is 11.3 Å². The van der Waals surface area contributed by atoms with E-state index in [4.69, 9.17) is 4.74 Å². The number of aromatic nitrogens is 1. The van der Waals surface area contributed by atoms with Crippen LogP contribution in [0.15, 0.2) is 10.9 Å². The molecule has 0 spiro atoms. The molecule has 4 rings (SSSR count). The maximum atomic E-state index is 12.5. The van der Waals surface area contributed by atoms with Gasteiger partial charge < -0.3 is 14.5 Å². The Bertz CT molecular complexity index is 571. The second-order valence-corrected chi connectivity index (χ2v) is 7.01. The molecule has 0 aromatic carbocycles. The van der Waals surface area contributed by atoms with E-state index in [1.165, 1.54) is 11.3 Å². The van der Waals surface area contributed by atoms with Crippen LogP contribution in [0, 0.1) is 11.8 Å². The number of ether oxygens (including phenoxy) is 1. The van der Waals surface area contributed by atoms with Crippen LogP contribution in [-0.4, -0.2) is 65.5 Å². The highest BCUT2D eigenvalue weighted by Gasteiger charge is 2.46. The number of fused-ring (bicyclic) bond motifs is 1. The maximum absolute atomic E-state index is 12.5. The summed E-state index contributed by atoms with van der Waals surface area (Å²) in [6, 6.07) is 0.153. The first-order valence-corrected chi connectivity index (χ1v) is 8.74. The van der Waals surface area contributed by atoms with E-state index in [1.807, 2.05) is 9.80 Å². The summed E-state index contributed by atoms with van der Waals surface area (Å²) in [7, 11) is 0. The molecular weight excluding hydrogens is 302 g/mol. The van der Waals surface area contributed by atoms with E-state index < -0.39 is 0 Å². The summed E-state index contributed by atoms with van der Waals surface area (Å²) >= 11 is 1.44. The van der Waals surface area contributed by atoms with Crippen LogP contribution in [0.2, 0.25) is 0 Å². The van der Waals surface area contributed by atoms with E-state index in [2.05, 4.69) is 4.98 Å². The van der Waals surface area contributed by atoms with Crippen molar-refractivity contribution in [2.45, 2.75) is 18.9 Å². The zero-order chi connectivity index (χ0) is 15.1. The Kier molecular flexibility index (Phi) is 3.62. The molecule has 3 atom stereocenters. The molecule has 22 heavy (non-hydrogen) atoms. The lowest BCUT2D eigenvalue weighted by Crippen LogP contribution is -2.42. The lowest BCUT2D eigenvalue weighted by Gasteiger charge is -2.25. The lowest BCUT2D eigenvalue weighted by molar-refractivity contribution is -0.134. The van der Waals surface area contributed by atoms with E-state index in [0.717, 1.165) is 25.9 Å². The van der Waals surface area contributed by atoms with E-state index in [9.17, 15) is 9.59 Å². The molecule has 1 unspecified atom stereocenters. The van der Waals surface area contributed by atoms with Gasteiger partial charge in [-0.2, -0.15) is 0 Å². The van der Waals surface area contributed by atoms with E-state index in [1.54, 1.807) is 10.9 Å². The standard InChI is InChI=1S/C15H19N3O3S/c19-14(11-2-4-21-7-11)17-5-10-1-3-18(13(10)6-17)15(20)12-8-22-9-16-12/h8-11,13H,1-7H2/t10-,11?,13+/m0/s1. The van der Waals surface area contributed by atoms with Crippen molar-refractivity contribution in [1.82, 2.24) is 14.8 Å². The van der Waals surface area contributed by atoms with Crippen LogP contribution < -0.4 is 0 Å². The molecule has 3 fully saturated rings. The molecular formula is C15H19N3O3S. The smallest absolute Gasteiger partial charge is 0.273 e. The van der Waals surface area contributed by atoms with E-state index in [0.29, 0.717) is 31.4 Å². The number of nitrogens with zero attached hydrogens (tertiary/aromatic N) is 3. The van der Waals surface area contributed by atoms with Gasteiger partial charge in [0.15, 0.2) is 0 Å².